The van der Waals surface area contributed by atoms with Gasteiger partial charge in [-0.3, -0.25) is 14.6 Å². The number of para-hydroxylation sites is 1. The summed E-state index contributed by atoms with van der Waals surface area (Å²) < 4.78 is 5.64. The third-order valence-corrected chi connectivity index (χ3v) is 5.08. The zero-order chi connectivity index (χ0) is 18.5. The van der Waals surface area contributed by atoms with Gasteiger partial charge in [-0.15, -0.1) is 0 Å². The van der Waals surface area contributed by atoms with E-state index in [2.05, 4.69) is 46.2 Å². The minimum Gasteiger partial charge on any atom is -0.464 e. The summed E-state index contributed by atoms with van der Waals surface area (Å²) in [6.07, 6.45) is 6.02. The fourth-order valence-electron chi connectivity index (χ4n) is 3.50. The average molecular weight is 360 g/mol. The van der Waals surface area contributed by atoms with E-state index in [9.17, 15) is 4.79 Å². The van der Waals surface area contributed by atoms with E-state index in [1.54, 1.807) is 6.26 Å². The maximum absolute atomic E-state index is 12.6. The molecule has 2 aromatic carbocycles. The van der Waals surface area contributed by atoms with Crippen molar-refractivity contribution < 1.29 is 4.42 Å². The SMILES string of the molecule is O=c1c(CN2CCN(CC=Cc3ccccc3)CC2)coc2ccccc12. The number of fused-ring (bicyclic) bond motifs is 1. The molecular weight excluding hydrogens is 336 g/mol. The highest BCUT2D eigenvalue weighted by atomic mass is 16.3. The van der Waals surface area contributed by atoms with Gasteiger partial charge in [-0.2, -0.15) is 0 Å². The molecule has 4 heteroatoms. The largest absolute Gasteiger partial charge is 0.464 e. The van der Waals surface area contributed by atoms with Crippen LogP contribution in [0.5, 0.6) is 0 Å². The molecule has 4 nitrogen and oxygen atoms in total. The molecule has 27 heavy (non-hydrogen) atoms. The third-order valence-electron chi connectivity index (χ3n) is 5.08. The van der Waals surface area contributed by atoms with Crippen LogP contribution in [0.25, 0.3) is 17.0 Å². The maximum Gasteiger partial charge on any atom is 0.197 e. The van der Waals surface area contributed by atoms with Crippen LogP contribution >= 0.6 is 0 Å². The molecule has 0 saturated carbocycles. The van der Waals surface area contributed by atoms with Crippen molar-refractivity contribution in [3.05, 3.63) is 88.3 Å². The van der Waals surface area contributed by atoms with Crippen molar-refractivity contribution >= 4 is 17.0 Å². The molecular formula is C23H24N2O2. The number of piperazine rings is 1. The molecule has 0 amide bonds. The molecule has 1 aliphatic heterocycles. The lowest BCUT2D eigenvalue weighted by Crippen LogP contribution is -2.46. The molecule has 0 N–H and O–H groups in total. The van der Waals surface area contributed by atoms with E-state index >= 15 is 0 Å². The smallest absolute Gasteiger partial charge is 0.197 e. The van der Waals surface area contributed by atoms with Gasteiger partial charge >= 0.3 is 0 Å². The lowest BCUT2D eigenvalue weighted by atomic mass is 10.1. The average Bonchev–Trinajstić information content (AvgIpc) is 2.72. The fourth-order valence-corrected chi connectivity index (χ4v) is 3.50. The van der Waals surface area contributed by atoms with Crippen LogP contribution in [0.3, 0.4) is 0 Å². The van der Waals surface area contributed by atoms with Crippen molar-refractivity contribution in [2.75, 3.05) is 32.7 Å². The molecule has 3 aromatic rings. The molecule has 138 valence electrons. The second-order valence-electron chi connectivity index (χ2n) is 6.98. The van der Waals surface area contributed by atoms with E-state index in [1.165, 1.54) is 5.56 Å². The van der Waals surface area contributed by atoms with E-state index in [0.29, 0.717) is 17.5 Å². The lowest BCUT2D eigenvalue weighted by molar-refractivity contribution is 0.136. The Bertz CT molecular complexity index is 970. The number of rotatable bonds is 5. The van der Waals surface area contributed by atoms with Gasteiger partial charge in [0.25, 0.3) is 0 Å². The topological polar surface area (TPSA) is 36.7 Å². The molecule has 2 heterocycles. The van der Waals surface area contributed by atoms with Gasteiger partial charge in [0, 0.05) is 44.8 Å². The van der Waals surface area contributed by atoms with E-state index in [1.807, 2.05) is 30.3 Å². The quantitative estimate of drug-likeness (QED) is 0.696. The number of nitrogens with zero attached hydrogens (tertiary/aromatic N) is 2. The first-order valence-corrected chi connectivity index (χ1v) is 9.45. The zero-order valence-electron chi connectivity index (χ0n) is 15.4. The molecule has 1 aromatic heterocycles. The summed E-state index contributed by atoms with van der Waals surface area (Å²) in [5, 5.41) is 0.666. The van der Waals surface area contributed by atoms with Crippen LogP contribution in [0.15, 0.2) is 76.1 Å². The van der Waals surface area contributed by atoms with Gasteiger partial charge < -0.3 is 4.42 Å². The van der Waals surface area contributed by atoms with E-state index in [0.717, 1.165) is 38.3 Å². The van der Waals surface area contributed by atoms with Crippen LogP contribution in [-0.4, -0.2) is 42.5 Å². The van der Waals surface area contributed by atoms with Gasteiger partial charge in [0.05, 0.1) is 11.6 Å². The van der Waals surface area contributed by atoms with Gasteiger partial charge in [0.2, 0.25) is 0 Å². The predicted molar refractivity (Wildman–Crippen MR) is 110 cm³/mol. The highest BCUT2D eigenvalue weighted by Crippen LogP contribution is 2.13. The van der Waals surface area contributed by atoms with Crippen molar-refractivity contribution in [1.82, 2.24) is 9.80 Å². The number of hydrogen-bond donors (Lipinski definition) is 0. The first kappa shape index (κ1) is 17.7. The first-order chi connectivity index (χ1) is 13.3. The number of benzene rings is 2. The van der Waals surface area contributed by atoms with Crippen LogP contribution in [0.2, 0.25) is 0 Å². The predicted octanol–water partition coefficient (Wildman–Crippen LogP) is 3.62. The summed E-state index contributed by atoms with van der Waals surface area (Å²) >= 11 is 0. The lowest BCUT2D eigenvalue weighted by Gasteiger charge is -2.33. The summed E-state index contributed by atoms with van der Waals surface area (Å²) in [5.74, 6) is 0. The third kappa shape index (κ3) is 4.35. The minimum atomic E-state index is 0.0880. The van der Waals surface area contributed by atoms with Crippen LogP contribution in [0.1, 0.15) is 11.1 Å². The Morgan fingerprint density at radius 2 is 1.59 bits per heavy atom. The van der Waals surface area contributed by atoms with Crippen LogP contribution < -0.4 is 5.43 Å². The Morgan fingerprint density at radius 3 is 2.41 bits per heavy atom. The Labute approximate surface area is 159 Å². The highest BCUT2D eigenvalue weighted by Gasteiger charge is 2.17. The molecule has 1 fully saturated rings. The highest BCUT2D eigenvalue weighted by molar-refractivity contribution is 5.76. The second-order valence-corrected chi connectivity index (χ2v) is 6.98. The van der Waals surface area contributed by atoms with Crippen LogP contribution in [0.4, 0.5) is 0 Å². The molecule has 0 bridgehead atoms. The van der Waals surface area contributed by atoms with Crippen molar-refractivity contribution in [2.24, 2.45) is 0 Å². The zero-order valence-corrected chi connectivity index (χ0v) is 15.4. The Morgan fingerprint density at radius 1 is 0.889 bits per heavy atom. The van der Waals surface area contributed by atoms with Crippen LogP contribution in [-0.2, 0) is 6.54 Å². The van der Waals surface area contributed by atoms with Gasteiger partial charge in [-0.25, -0.2) is 0 Å². The molecule has 0 aliphatic carbocycles. The Balaban J connectivity index is 1.31. The molecule has 1 saturated heterocycles. The van der Waals surface area contributed by atoms with Crippen molar-refractivity contribution in [3.63, 3.8) is 0 Å². The second kappa shape index (κ2) is 8.33. The minimum absolute atomic E-state index is 0.0880. The Hall–Kier alpha value is -2.69. The van der Waals surface area contributed by atoms with E-state index in [-0.39, 0.29) is 5.43 Å². The normalized spacial score (nSPS) is 16.3. The summed E-state index contributed by atoms with van der Waals surface area (Å²) in [4.78, 5) is 17.4. The molecule has 1 aliphatic rings. The van der Waals surface area contributed by atoms with Gasteiger partial charge in [-0.05, 0) is 17.7 Å². The Kier molecular flexibility index (Phi) is 5.47. The first-order valence-electron chi connectivity index (χ1n) is 9.45. The maximum atomic E-state index is 12.6. The summed E-state index contributed by atoms with van der Waals surface area (Å²) in [7, 11) is 0. The van der Waals surface area contributed by atoms with E-state index < -0.39 is 0 Å². The summed E-state index contributed by atoms with van der Waals surface area (Å²) in [6.45, 7) is 5.56. The standard InChI is InChI=1S/C23H24N2O2/c26-23-20(18-27-22-11-5-4-10-21(22)23)17-25-15-13-24(14-16-25)12-6-9-19-7-2-1-3-8-19/h1-11,18H,12-17H2. The molecule has 0 atom stereocenters. The molecule has 0 unspecified atom stereocenters. The van der Waals surface area contributed by atoms with Gasteiger partial charge in [0.15, 0.2) is 5.43 Å². The molecule has 4 rings (SSSR count). The van der Waals surface area contributed by atoms with Crippen molar-refractivity contribution in [3.8, 4) is 0 Å². The van der Waals surface area contributed by atoms with Crippen LogP contribution in [0, 0.1) is 0 Å². The number of hydrogen-bond acceptors (Lipinski definition) is 4. The van der Waals surface area contributed by atoms with Crippen molar-refractivity contribution in [2.45, 2.75) is 6.54 Å². The molecule has 0 radical (unpaired) electrons. The monoisotopic (exact) mass is 360 g/mol. The van der Waals surface area contributed by atoms with E-state index in [4.69, 9.17) is 4.42 Å². The van der Waals surface area contributed by atoms with Crippen molar-refractivity contribution in [1.29, 1.82) is 0 Å². The van der Waals surface area contributed by atoms with Gasteiger partial charge in [-0.1, -0.05) is 54.6 Å². The molecule has 0 spiro atoms. The fraction of sp³-hybridized carbons (Fsp3) is 0.261. The summed E-state index contributed by atoms with van der Waals surface area (Å²) in [5.41, 5.74) is 2.72. The summed E-state index contributed by atoms with van der Waals surface area (Å²) in [6, 6.07) is 17.8. The van der Waals surface area contributed by atoms with Gasteiger partial charge in [0.1, 0.15) is 5.58 Å².